The predicted octanol–water partition coefficient (Wildman–Crippen LogP) is 2.59. The molecule has 0 aromatic heterocycles. The number of nitro groups is 1. The Hall–Kier alpha value is -1.58. The number of hydrogen-bond donors (Lipinski definition) is 3. The van der Waals surface area contributed by atoms with Crippen LogP contribution in [0.15, 0.2) is 29.3 Å². The van der Waals surface area contributed by atoms with E-state index in [-0.39, 0.29) is 29.7 Å². The second kappa shape index (κ2) is 9.53. The van der Waals surface area contributed by atoms with Gasteiger partial charge in [0.15, 0.2) is 5.96 Å². The van der Waals surface area contributed by atoms with E-state index in [9.17, 15) is 10.1 Å². The predicted molar refractivity (Wildman–Crippen MR) is 104 cm³/mol. The maximum absolute atomic E-state index is 10.6. The van der Waals surface area contributed by atoms with Crippen LogP contribution in [0.2, 0.25) is 0 Å². The number of rotatable bonds is 7. The minimum Gasteiger partial charge on any atom is -0.383 e. The molecule has 8 heteroatoms. The molecular formula is C15H24IN5O2. The van der Waals surface area contributed by atoms with Crippen LogP contribution >= 0.6 is 24.0 Å². The lowest BCUT2D eigenvalue weighted by molar-refractivity contribution is -0.384. The molecule has 2 atom stereocenters. The molecule has 1 fully saturated rings. The van der Waals surface area contributed by atoms with E-state index >= 15 is 0 Å². The monoisotopic (exact) mass is 433 g/mol. The molecule has 7 nitrogen and oxygen atoms in total. The van der Waals surface area contributed by atoms with E-state index in [1.807, 2.05) is 6.92 Å². The lowest BCUT2D eigenvalue weighted by atomic mass is 10.3. The Morgan fingerprint density at radius 3 is 2.57 bits per heavy atom. The Kier molecular flexibility index (Phi) is 8.07. The average Bonchev–Trinajstić information content (AvgIpc) is 3.19. The third-order valence-electron chi connectivity index (χ3n) is 3.56. The van der Waals surface area contributed by atoms with Crippen molar-refractivity contribution in [2.75, 3.05) is 25.0 Å². The number of anilines is 1. The van der Waals surface area contributed by atoms with Crippen molar-refractivity contribution in [2.45, 2.75) is 26.3 Å². The van der Waals surface area contributed by atoms with Gasteiger partial charge in [0, 0.05) is 37.0 Å². The zero-order valence-corrected chi connectivity index (χ0v) is 15.7. The summed E-state index contributed by atoms with van der Waals surface area (Å²) in [6.45, 7) is 6.41. The summed E-state index contributed by atoms with van der Waals surface area (Å²) in [6.07, 6.45) is 1.20. The van der Waals surface area contributed by atoms with Gasteiger partial charge in [-0.25, -0.2) is 0 Å². The molecule has 0 radical (unpaired) electrons. The Balaban J connectivity index is 0.00000264. The van der Waals surface area contributed by atoms with Gasteiger partial charge >= 0.3 is 0 Å². The zero-order chi connectivity index (χ0) is 15.9. The van der Waals surface area contributed by atoms with Crippen molar-refractivity contribution in [2.24, 2.45) is 10.9 Å². The Labute approximate surface area is 153 Å². The van der Waals surface area contributed by atoms with Crippen LogP contribution in [0.1, 0.15) is 20.3 Å². The first-order valence-corrected chi connectivity index (χ1v) is 7.63. The maximum atomic E-state index is 10.6. The molecule has 23 heavy (non-hydrogen) atoms. The van der Waals surface area contributed by atoms with Crippen molar-refractivity contribution >= 4 is 41.3 Å². The fraction of sp³-hybridized carbons (Fsp3) is 0.533. The van der Waals surface area contributed by atoms with E-state index in [1.165, 1.54) is 18.6 Å². The van der Waals surface area contributed by atoms with Crippen molar-refractivity contribution in [3.63, 3.8) is 0 Å². The number of nitrogens with one attached hydrogen (secondary N) is 3. The average molecular weight is 433 g/mol. The summed E-state index contributed by atoms with van der Waals surface area (Å²) in [4.78, 5) is 14.7. The fourth-order valence-electron chi connectivity index (χ4n) is 2.09. The van der Waals surface area contributed by atoms with Crippen molar-refractivity contribution in [1.82, 2.24) is 10.6 Å². The highest BCUT2D eigenvalue weighted by Crippen LogP contribution is 2.28. The highest BCUT2D eigenvalue weighted by atomic mass is 127. The minimum atomic E-state index is -0.401. The van der Waals surface area contributed by atoms with Gasteiger partial charge in [0.2, 0.25) is 0 Å². The summed E-state index contributed by atoms with van der Waals surface area (Å²) < 4.78 is 0. The molecule has 1 saturated carbocycles. The Morgan fingerprint density at radius 1 is 1.39 bits per heavy atom. The number of benzene rings is 1. The molecule has 0 heterocycles. The normalized spacial score (nSPS) is 19.5. The molecule has 1 aliphatic carbocycles. The highest BCUT2D eigenvalue weighted by Gasteiger charge is 2.33. The number of guanidine groups is 1. The van der Waals surface area contributed by atoms with Crippen LogP contribution in [-0.2, 0) is 0 Å². The number of nitrogens with zero attached hydrogens (tertiary/aromatic N) is 2. The molecule has 1 aromatic carbocycles. The molecule has 2 rings (SSSR count). The molecule has 128 valence electrons. The van der Waals surface area contributed by atoms with Gasteiger partial charge in [-0.1, -0.05) is 6.92 Å². The smallest absolute Gasteiger partial charge is 0.269 e. The summed E-state index contributed by atoms with van der Waals surface area (Å²) in [5.41, 5.74) is 0.954. The first-order valence-electron chi connectivity index (χ1n) is 7.63. The van der Waals surface area contributed by atoms with Gasteiger partial charge < -0.3 is 16.0 Å². The van der Waals surface area contributed by atoms with Gasteiger partial charge in [0.05, 0.1) is 11.5 Å². The van der Waals surface area contributed by atoms with Crippen molar-refractivity contribution in [1.29, 1.82) is 0 Å². The van der Waals surface area contributed by atoms with Crippen molar-refractivity contribution in [3.8, 4) is 0 Å². The second-order valence-electron chi connectivity index (χ2n) is 5.46. The number of non-ortho nitro benzene ring substituents is 1. The number of aliphatic imine (C=N–C) groups is 1. The number of halogens is 1. The Bertz CT molecular complexity index is 535. The van der Waals surface area contributed by atoms with Gasteiger partial charge in [0.1, 0.15) is 0 Å². The first-order chi connectivity index (χ1) is 10.6. The highest BCUT2D eigenvalue weighted by molar-refractivity contribution is 14.0. The van der Waals surface area contributed by atoms with E-state index < -0.39 is 4.92 Å². The molecule has 2 unspecified atom stereocenters. The van der Waals surface area contributed by atoms with E-state index in [0.29, 0.717) is 19.1 Å². The first kappa shape index (κ1) is 19.5. The van der Waals surface area contributed by atoms with Crippen LogP contribution < -0.4 is 16.0 Å². The molecule has 1 aliphatic rings. The van der Waals surface area contributed by atoms with Gasteiger partial charge in [0.25, 0.3) is 5.69 Å². The molecule has 0 amide bonds. The van der Waals surface area contributed by atoms with Crippen molar-refractivity contribution in [3.05, 3.63) is 34.4 Å². The van der Waals surface area contributed by atoms with Crippen LogP contribution in [0.4, 0.5) is 11.4 Å². The lowest BCUT2D eigenvalue weighted by Crippen LogP contribution is -2.39. The fourth-order valence-corrected chi connectivity index (χ4v) is 2.09. The van der Waals surface area contributed by atoms with Crippen LogP contribution in [0.3, 0.4) is 0 Å². The van der Waals surface area contributed by atoms with E-state index in [4.69, 9.17) is 0 Å². The second-order valence-corrected chi connectivity index (χ2v) is 5.46. The molecule has 0 bridgehead atoms. The molecule has 3 N–H and O–H groups in total. The minimum absolute atomic E-state index is 0. The van der Waals surface area contributed by atoms with Crippen LogP contribution in [0, 0.1) is 16.0 Å². The topological polar surface area (TPSA) is 91.6 Å². The summed E-state index contributed by atoms with van der Waals surface area (Å²) in [5, 5.41) is 20.4. The van der Waals surface area contributed by atoms with E-state index in [1.54, 1.807) is 12.1 Å². The Morgan fingerprint density at radius 2 is 2.04 bits per heavy atom. The van der Waals surface area contributed by atoms with E-state index in [2.05, 4.69) is 27.9 Å². The number of nitro benzene ring substituents is 1. The zero-order valence-electron chi connectivity index (χ0n) is 13.4. The van der Waals surface area contributed by atoms with E-state index in [0.717, 1.165) is 24.1 Å². The SMILES string of the molecule is CCNC(=NCCNc1ccc([N+](=O)[O-])cc1)NC1CC1C.I. The quantitative estimate of drug-likeness (QED) is 0.154. The summed E-state index contributed by atoms with van der Waals surface area (Å²) in [5.74, 6) is 1.57. The van der Waals surface area contributed by atoms with Gasteiger partial charge in [-0.15, -0.1) is 24.0 Å². The van der Waals surface area contributed by atoms with Gasteiger partial charge in [-0.05, 0) is 31.4 Å². The summed E-state index contributed by atoms with van der Waals surface area (Å²) in [7, 11) is 0. The van der Waals surface area contributed by atoms with Gasteiger partial charge in [-0.3, -0.25) is 15.1 Å². The largest absolute Gasteiger partial charge is 0.383 e. The summed E-state index contributed by atoms with van der Waals surface area (Å²) in [6, 6.07) is 6.94. The summed E-state index contributed by atoms with van der Waals surface area (Å²) >= 11 is 0. The lowest BCUT2D eigenvalue weighted by Gasteiger charge is -2.11. The molecule has 1 aromatic rings. The third kappa shape index (κ3) is 6.59. The molecular weight excluding hydrogens is 409 g/mol. The maximum Gasteiger partial charge on any atom is 0.269 e. The third-order valence-corrected chi connectivity index (χ3v) is 3.56. The van der Waals surface area contributed by atoms with Crippen LogP contribution in [-0.4, -0.2) is 36.6 Å². The van der Waals surface area contributed by atoms with Crippen LogP contribution in [0.25, 0.3) is 0 Å². The standard InChI is InChI=1S/C15H23N5O2.HI/c1-3-16-15(19-14-10-11(14)2)18-9-8-17-12-4-6-13(7-5-12)20(21)22;/h4-7,11,14,17H,3,8-10H2,1-2H3,(H2,16,18,19);1H. The molecule has 0 spiro atoms. The molecule has 0 saturated heterocycles. The van der Waals surface area contributed by atoms with Crippen molar-refractivity contribution < 1.29 is 4.92 Å². The number of hydrogen-bond acceptors (Lipinski definition) is 4. The molecule has 0 aliphatic heterocycles. The van der Waals surface area contributed by atoms with Crippen LogP contribution in [0.5, 0.6) is 0 Å². The van der Waals surface area contributed by atoms with Gasteiger partial charge in [-0.2, -0.15) is 0 Å².